The average molecular weight is 230 g/mol. The van der Waals surface area contributed by atoms with Crippen LogP contribution >= 0.6 is 0 Å². The van der Waals surface area contributed by atoms with Crippen LogP contribution in [0.2, 0.25) is 0 Å². The van der Waals surface area contributed by atoms with Gasteiger partial charge in [0.1, 0.15) is 12.5 Å². The van der Waals surface area contributed by atoms with Crippen LogP contribution in [0.25, 0.3) is 0 Å². The van der Waals surface area contributed by atoms with E-state index >= 15 is 0 Å². The van der Waals surface area contributed by atoms with Crippen molar-refractivity contribution < 1.29 is 14.3 Å². The Morgan fingerprint density at radius 2 is 2.06 bits per heavy atom. The molecule has 0 amide bonds. The third kappa shape index (κ3) is 3.03. The van der Waals surface area contributed by atoms with Crippen LogP contribution in [0, 0.1) is 5.92 Å². The summed E-state index contributed by atoms with van der Waals surface area (Å²) >= 11 is 0. The molecule has 1 aliphatic rings. The van der Waals surface area contributed by atoms with Crippen LogP contribution in [0.15, 0.2) is 42.5 Å². The van der Waals surface area contributed by atoms with Crippen molar-refractivity contribution in [3.63, 3.8) is 0 Å². The summed E-state index contributed by atoms with van der Waals surface area (Å²) in [7, 11) is 0. The SMILES string of the molecule is O=C1C=CCCC1C(=O)OCc1ccccc1. The number of ketones is 1. The van der Waals surface area contributed by atoms with Gasteiger partial charge in [0.05, 0.1) is 0 Å². The minimum atomic E-state index is -0.608. The molecule has 0 saturated carbocycles. The van der Waals surface area contributed by atoms with Gasteiger partial charge < -0.3 is 4.74 Å². The van der Waals surface area contributed by atoms with Crippen molar-refractivity contribution in [2.45, 2.75) is 19.4 Å². The molecule has 0 saturated heterocycles. The van der Waals surface area contributed by atoms with E-state index in [1.807, 2.05) is 30.3 Å². The normalized spacial score (nSPS) is 19.1. The van der Waals surface area contributed by atoms with Gasteiger partial charge in [0.2, 0.25) is 0 Å². The summed E-state index contributed by atoms with van der Waals surface area (Å²) in [5, 5.41) is 0. The first-order valence-electron chi connectivity index (χ1n) is 5.68. The number of benzene rings is 1. The van der Waals surface area contributed by atoms with Crippen molar-refractivity contribution in [2.75, 3.05) is 0 Å². The van der Waals surface area contributed by atoms with Crippen LogP contribution in [-0.4, -0.2) is 11.8 Å². The molecule has 0 heterocycles. The summed E-state index contributed by atoms with van der Waals surface area (Å²) in [4.78, 5) is 23.2. The molecule has 0 radical (unpaired) electrons. The average Bonchev–Trinajstić information content (AvgIpc) is 2.38. The maximum Gasteiger partial charge on any atom is 0.317 e. The molecule has 1 atom stereocenters. The quantitative estimate of drug-likeness (QED) is 0.591. The zero-order valence-electron chi connectivity index (χ0n) is 9.46. The number of rotatable bonds is 3. The van der Waals surface area contributed by atoms with E-state index in [9.17, 15) is 9.59 Å². The van der Waals surface area contributed by atoms with Gasteiger partial charge in [0.15, 0.2) is 5.78 Å². The first-order chi connectivity index (χ1) is 8.27. The molecular formula is C14H14O3. The minimum Gasteiger partial charge on any atom is -0.460 e. The number of hydrogen-bond acceptors (Lipinski definition) is 3. The summed E-state index contributed by atoms with van der Waals surface area (Å²) in [5.41, 5.74) is 0.930. The number of allylic oxidation sites excluding steroid dienone is 2. The Hall–Kier alpha value is -1.90. The maximum absolute atomic E-state index is 11.7. The number of ether oxygens (including phenoxy) is 1. The van der Waals surface area contributed by atoms with E-state index < -0.39 is 11.9 Å². The van der Waals surface area contributed by atoms with Gasteiger partial charge in [-0.25, -0.2) is 0 Å². The van der Waals surface area contributed by atoms with Crippen LogP contribution in [0.4, 0.5) is 0 Å². The first kappa shape index (κ1) is 11.6. The zero-order valence-corrected chi connectivity index (χ0v) is 9.46. The van der Waals surface area contributed by atoms with Gasteiger partial charge in [0.25, 0.3) is 0 Å². The summed E-state index contributed by atoms with van der Waals surface area (Å²) in [6.07, 6.45) is 4.58. The second-order valence-corrected chi connectivity index (χ2v) is 4.03. The molecule has 0 bridgehead atoms. The second kappa shape index (κ2) is 5.43. The molecule has 0 spiro atoms. The number of esters is 1. The van der Waals surface area contributed by atoms with E-state index in [-0.39, 0.29) is 12.4 Å². The summed E-state index contributed by atoms with van der Waals surface area (Å²) in [5.74, 6) is -1.17. The molecule has 0 aromatic heterocycles. The van der Waals surface area contributed by atoms with E-state index in [1.54, 1.807) is 6.08 Å². The molecular weight excluding hydrogens is 216 g/mol. The lowest BCUT2D eigenvalue weighted by molar-refractivity contribution is -0.152. The monoisotopic (exact) mass is 230 g/mol. The fourth-order valence-electron chi connectivity index (χ4n) is 1.78. The molecule has 3 heteroatoms. The lowest BCUT2D eigenvalue weighted by Gasteiger charge is -2.15. The third-order valence-electron chi connectivity index (χ3n) is 2.76. The Morgan fingerprint density at radius 3 is 2.76 bits per heavy atom. The second-order valence-electron chi connectivity index (χ2n) is 4.03. The first-order valence-corrected chi connectivity index (χ1v) is 5.68. The van der Waals surface area contributed by atoms with Gasteiger partial charge in [-0.3, -0.25) is 9.59 Å². The Kier molecular flexibility index (Phi) is 3.70. The summed E-state index contributed by atoms with van der Waals surface area (Å²) < 4.78 is 5.14. The van der Waals surface area contributed by atoms with Crippen LogP contribution < -0.4 is 0 Å². The fourth-order valence-corrected chi connectivity index (χ4v) is 1.78. The number of carbonyl (C=O) groups is 2. The highest BCUT2D eigenvalue weighted by molar-refractivity contribution is 6.05. The Bertz CT molecular complexity index is 434. The van der Waals surface area contributed by atoms with Gasteiger partial charge in [-0.15, -0.1) is 0 Å². The fraction of sp³-hybridized carbons (Fsp3) is 0.286. The predicted octanol–water partition coefficient (Wildman–Crippen LogP) is 2.27. The van der Waals surface area contributed by atoms with E-state index in [4.69, 9.17) is 4.74 Å². The lowest BCUT2D eigenvalue weighted by atomic mass is 9.93. The highest BCUT2D eigenvalue weighted by atomic mass is 16.5. The molecule has 0 fully saturated rings. The van der Waals surface area contributed by atoms with Gasteiger partial charge >= 0.3 is 5.97 Å². The van der Waals surface area contributed by atoms with Crippen molar-refractivity contribution in [3.8, 4) is 0 Å². The lowest BCUT2D eigenvalue weighted by Crippen LogP contribution is -2.26. The standard InChI is InChI=1S/C14H14O3/c15-13-9-5-4-8-12(13)14(16)17-10-11-6-2-1-3-7-11/h1-3,5-7,9,12H,4,8,10H2. The molecule has 0 N–H and O–H groups in total. The Morgan fingerprint density at radius 1 is 1.29 bits per heavy atom. The number of hydrogen-bond donors (Lipinski definition) is 0. The molecule has 1 aromatic carbocycles. The van der Waals surface area contributed by atoms with Crippen molar-refractivity contribution in [1.29, 1.82) is 0 Å². The summed E-state index contributed by atoms with van der Waals surface area (Å²) in [6, 6.07) is 9.45. The predicted molar refractivity (Wildman–Crippen MR) is 63.1 cm³/mol. The molecule has 0 aliphatic heterocycles. The van der Waals surface area contributed by atoms with Crippen molar-refractivity contribution >= 4 is 11.8 Å². The summed E-state index contributed by atoms with van der Waals surface area (Å²) in [6.45, 7) is 0.229. The number of carbonyl (C=O) groups excluding carboxylic acids is 2. The van der Waals surface area contributed by atoms with Crippen LogP contribution in [0.3, 0.4) is 0 Å². The van der Waals surface area contributed by atoms with Gasteiger partial charge in [-0.1, -0.05) is 36.4 Å². The van der Waals surface area contributed by atoms with E-state index in [2.05, 4.69) is 0 Å². The van der Waals surface area contributed by atoms with Crippen LogP contribution in [-0.2, 0) is 20.9 Å². The maximum atomic E-state index is 11.7. The van der Waals surface area contributed by atoms with E-state index in [1.165, 1.54) is 6.08 Å². The molecule has 1 aliphatic carbocycles. The Balaban J connectivity index is 1.89. The zero-order chi connectivity index (χ0) is 12.1. The highest BCUT2D eigenvalue weighted by Gasteiger charge is 2.27. The van der Waals surface area contributed by atoms with E-state index in [0.29, 0.717) is 6.42 Å². The molecule has 3 nitrogen and oxygen atoms in total. The van der Waals surface area contributed by atoms with Crippen LogP contribution in [0.5, 0.6) is 0 Å². The molecule has 1 aromatic rings. The van der Waals surface area contributed by atoms with Gasteiger partial charge in [0, 0.05) is 0 Å². The highest BCUT2D eigenvalue weighted by Crippen LogP contribution is 2.17. The van der Waals surface area contributed by atoms with E-state index in [0.717, 1.165) is 12.0 Å². The van der Waals surface area contributed by atoms with Crippen molar-refractivity contribution in [2.24, 2.45) is 5.92 Å². The molecule has 2 rings (SSSR count). The molecule has 17 heavy (non-hydrogen) atoms. The van der Waals surface area contributed by atoms with Crippen molar-refractivity contribution in [1.82, 2.24) is 0 Å². The smallest absolute Gasteiger partial charge is 0.317 e. The minimum absolute atomic E-state index is 0.144. The van der Waals surface area contributed by atoms with Crippen LogP contribution in [0.1, 0.15) is 18.4 Å². The largest absolute Gasteiger partial charge is 0.460 e. The molecule has 1 unspecified atom stereocenters. The van der Waals surface area contributed by atoms with Crippen molar-refractivity contribution in [3.05, 3.63) is 48.0 Å². The van der Waals surface area contributed by atoms with Gasteiger partial charge in [-0.05, 0) is 24.5 Å². The Labute approximate surface area is 100 Å². The van der Waals surface area contributed by atoms with Gasteiger partial charge in [-0.2, -0.15) is 0 Å². The third-order valence-corrected chi connectivity index (χ3v) is 2.76. The topological polar surface area (TPSA) is 43.4 Å². The molecule has 88 valence electrons.